The van der Waals surface area contributed by atoms with Gasteiger partial charge < -0.3 is 15.4 Å². The molecule has 2 aromatic rings. The molecule has 34 heavy (non-hydrogen) atoms. The van der Waals surface area contributed by atoms with Crippen molar-refractivity contribution >= 4 is 28.2 Å². The summed E-state index contributed by atoms with van der Waals surface area (Å²) in [6.07, 6.45) is -10.1. The number of alkyl halides is 6. The quantitative estimate of drug-likeness (QED) is 0.307. The third-order valence-corrected chi connectivity index (χ3v) is 5.80. The number of ether oxygens (including phenoxy) is 1. The molecule has 1 aromatic heterocycles. The molecular formula is C21H19F6N3O3S. The van der Waals surface area contributed by atoms with Crippen molar-refractivity contribution in [1.82, 2.24) is 5.32 Å². The van der Waals surface area contributed by atoms with Crippen LogP contribution in [0.5, 0.6) is 0 Å². The van der Waals surface area contributed by atoms with E-state index >= 15 is 0 Å². The van der Waals surface area contributed by atoms with E-state index in [2.05, 4.69) is 4.74 Å². The number of carbonyl (C=O) groups is 2. The van der Waals surface area contributed by atoms with E-state index in [1.54, 1.807) is 19.9 Å². The molecule has 6 nitrogen and oxygen atoms in total. The normalized spacial score (nSPS) is 13.5. The van der Waals surface area contributed by atoms with E-state index < -0.39 is 47.6 Å². The zero-order valence-corrected chi connectivity index (χ0v) is 18.9. The van der Waals surface area contributed by atoms with Gasteiger partial charge in [0.2, 0.25) is 0 Å². The lowest BCUT2D eigenvalue weighted by atomic mass is 10.1. The van der Waals surface area contributed by atoms with Crippen LogP contribution in [0, 0.1) is 18.3 Å². The summed E-state index contributed by atoms with van der Waals surface area (Å²) < 4.78 is 86.7. The van der Waals surface area contributed by atoms with E-state index in [1.165, 1.54) is 12.2 Å². The van der Waals surface area contributed by atoms with Crippen LogP contribution in [0.25, 0.3) is 0 Å². The highest BCUT2D eigenvalue weighted by atomic mass is 32.1. The Morgan fingerprint density at radius 2 is 1.79 bits per heavy atom. The minimum Gasteiger partial charge on any atom is -0.463 e. The summed E-state index contributed by atoms with van der Waals surface area (Å²) >= 11 is 0.756. The average Bonchev–Trinajstić information content (AvgIpc) is 3.05. The summed E-state index contributed by atoms with van der Waals surface area (Å²) in [6.45, 7) is 3.99. The number of benzene rings is 1. The molecule has 0 aliphatic carbocycles. The maximum atomic E-state index is 14.4. The highest BCUT2D eigenvalue weighted by Crippen LogP contribution is 2.39. The molecule has 2 rings (SSSR count). The number of hydrogen-bond acceptors (Lipinski definition) is 6. The van der Waals surface area contributed by atoms with Crippen LogP contribution < -0.4 is 10.6 Å². The van der Waals surface area contributed by atoms with Crippen LogP contribution in [0.4, 0.5) is 31.3 Å². The van der Waals surface area contributed by atoms with Crippen LogP contribution in [0.2, 0.25) is 0 Å². The molecular weight excluding hydrogens is 488 g/mol. The van der Waals surface area contributed by atoms with Gasteiger partial charge in [0.05, 0.1) is 17.7 Å². The summed E-state index contributed by atoms with van der Waals surface area (Å²) in [5.74, 6) is -3.57. The van der Waals surface area contributed by atoms with E-state index in [4.69, 9.17) is 0 Å². The van der Waals surface area contributed by atoms with E-state index in [-0.39, 0.29) is 10.6 Å². The third kappa shape index (κ3) is 5.27. The van der Waals surface area contributed by atoms with Gasteiger partial charge >= 0.3 is 24.0 Å². The maximum absolute atomic E-state index is 14.4. The van der Waals surface area contributed by atoms with Crippen molar-refractivity contribution in [1.29, 1.82) is 5.26 Å². The van der Waals surface area contributed by atoms with E-state index in [0.29, 0.717) is 29.0 Å². The van der Waals surface area contributed by atoms with Crippen molar-refractivity contribution in [3.8, 4) is 6.07 Å². The van der Waals surface area contributed by atoms with Crippen molar-refractivity contribution in [3.05, 3.63) is 51.4 Å². The molecule has 1 atom stereocenters. The molecule has 0 unspecified atom stereocenters. The number of aryl methyl sites for hydroxylation is 1. The molecule has 0 fully saturated rings. The van der Waals surface area contributed by atoms with Gasteiger partial charge in [0.25, 0.3) is 5.91 Å². The van der Waals surface area contributed by atoms with Gasteiger partial charge in [-0.05, 0) is 44.0 Å². The van der Waals surface area contributed by atoms with Gasteiger partial charge in [0.1, 0.15) is 11.1 Å². The summed E-state index contributed by atoms with van der Waals surface area (Å²) in [5.41, 5.74) is -5.64. The highest BCUT2D eigenvalue weighted by Gasteiger charge is 2.64. The Labute approximate surface area is 194 Å². The second kappa shape index (κ2) is 9.92. The van der Waals surface area contributed by atoms with Crippen molar-refractivity contribution in [2.75, 3.05) is 11.9 Å². The highest BCUT2D eigenvalue weighted by molar-refractivity contribution is 7.16. The number of rotatable bonds is 7. The lowest BCUT2D eigenvalue weighted by Crippen LogP contribution is -2.69. The van der Waals surface area contributed by atoms with Crippen LogP contribution in [0.15, 0.2) is 24.3 Å². The van der Waals surface area contributed by atoms with Gasteiger partial charge in [-0.15, -0.1) is 11.3 Å². The molecule has 1 aromatic carbocycles. The number of thiophene rings is 1. The first kappa shape index (κ1) is 27.0. The number of esters is 1. The fraction of sp³-hybridized carbons (Fsp3) is 0.381. The smallest absolute Gasteiger partial charge is 0.441 e. The van der Waals surface area contributed by atoms with Crippen molar-refractivity contribution in [2.45, 2.75) is 45.2 Å². The minimum absolute atomic E-state index is 0.156. The van der Waals surface area contributed by atoms with Gasteiger partial charge in [-0.1, -0.05) is 13.0 Å². The molecule has 0 bridgehead atoms. The molecule has 1 amide bonds. The Hall–Kier alpha value is -3.27. The monoisotopic (exact) mass is 507 g/mol. The number of nitrogens with one attached hydrogen (secondary N) is 2. The molecule has 0 aliphatic rings. The number of nitriles is 1. The molecule has 0 spiro atoms. The number of halogens is 6. The lowest BCUT2D eigenvalue weighted by Gasteiger charge is -2.35. The van der Waals surface area contributed by atoms with Crippen LogP contribution >= 0.6 is 11.3 Å². The van der Waals surface area contributed by atoms with Gasteiger partial charge in [0, 0.05) is 10.4 Å². The SMILES string of the molecule is CCOC(=O)[C@@](NC(=O)c1cccc(C(F)(F)F)c1)(Nc1sc(C)c(CC)c1C#N)C(F)(F)F. The number of nitrogens with zero attached hydrogens (tertiary/aromatic N) is 1. The first-order chi connectivity index (χ1) is 15.7. The zero-order valence-electron chi connectivity index (χ0n) is 18.1. The molecule has 1 heterocycles. The number of hydrogen-bond donors (Lipinski definition) is 2. The molecule has 184 valence electrons. The molecule has 0 radical (unpaired) electrons. The largest absolute Gasteiger partial charge is 0.463 e. The first-order valence-electron chi connectivity index (χ1n) is 9.76. The topological polar surface area (TPSA) is 91.2 Å². The van der Waals surface area contributed by atoms with Crippen molar-refractivity contribution < 1.29 is 40.7 Å². The summed E-state index contributed by atoms with van der Waals surface area (Å²) in [5, 5.41) is 12.5. The molecule has 13 heteroatoms. The van der Waals surface area contributed by atoms with E-state index in [9.17, 15) is 41.2 Å². The summed E-state index contributed by atoms with van der Waals surface area (Å²) in [4.78, 5) is 25.8. The number of amides is 1. The van der Waals surface area contributed by atoms with Crippen LogP contribution in [-0.2, 0) is 22.1 Å². The second-order valence-corrected chi connectivity index (χ2v) is 8.16. The Morgan fingerprint density at radius 1 is 1.15 bits per heavy atom. The third-order valence-electron chi connectivity index (χ3n) is 4.74. The Kier molecular flexibility index (Phi) is 7.87. The standard InChI is InChI=1S/C21H19F6N3O3S/c1-4-14-11(3)34-17(15(14)10-28)30-19(21(25,26)27,18(32)33-5-2)29-16(31)12-7-6-8-13(9-12)20(22,23)24/h6-9,30H,4-5H2,1-3H3,(H,29,31)/t19-/m1/s1. The van der Waals surface area contributed by atoms with Gasteiger partial charge in [-0.3, -0.25) is 4.79 Å². The van der Waals surface area contributed by atoms with Crippen LogP contribution in [0.1, 0.15) is 45.8 Å². The van der Waals surface area contributed by atoms with Crippen LogP contribution in [0.3, 0.4) is 0 Å². The Balaban J connectivity index is 2.64. The summed E-state index contributed by atoms with van der Waals surface area (Å²) in [6, 6.07) is 4.48. The predicted molar refractivity (Wildman–Crippen MR) is 111 cm³/mol. The Bertz CT molecular complexity index is 1120. The second-order valence-electron chi connectivity index (χ2n) is 6.93. The fourth-order valence-electron chi connectivity index (χ4n) is 3.09. The number of carbonyl (C=O) groups excluding carboxylic acids is 2. The molecule has 2 N–H and O–H groups in total. The van der Waals surface area contributed by atoms with Gasteiger partial charge in [-0.2, -0.15) is 31.6 Å². The molecule has 0 aliphatic heterocycles. The van der Waals surface area contributed by atoms with Crippen molar-refractivity contribution in [2.24, 2.45) is 0 Å². The zero-order chi connectivity index (χ0) is 25.9. The fourth-order valence-corrected chi connectivity index (χ4v) is 4.24. The average molecular weight is 507 g/mol. The van der Waals surface area contributed by atoms with Crippen molar-refractivity contribution in [3.63, 3.8) is 0 Å². The number of anilines is 1. The Morgan fingerprint density at radius 3 is 2.29 bits per heavy atom. The van der Waals surface area contributed by atoms with Gasteiger partial charge in [0.15, 0.2) is 0 Å². The molecule has 0 saturated carbocycles. The van der Waals surface area contributed by atoms with E-state index in [1.807, 2.05) is 5.32 Å². The minimum atomic E-state index is -5.52. The van der Waals surface area contributed by atoms with E-state index in [0.717, 1.165) is 23.5 Å². The van der Waals surface area contributed by atoms with Gasteiger partial charge in [-0.25, -0.2) is 4.79 Å². The van der Waals surface area contributed by atoms with Crippen LogP contribution in [-0.4, -0.2) is 30.3 Å². The first-order valence-corrected chi connectivity index (χ1v) is 10.6. The maximum Gasteiger partial charge on any atom is 0.441 e. The summed E-state index contributed by atoms with van der Waals surface area (Å²) in [7, 11) is 0. The predicted octanol–water partition coefficient (Wildman–Crippen LogP) is 5.17. The molecule has 0 saturated heterocycles. The lowest BCUT2D eigenvalue weighted by molar-refractivity contribution is -0.204.